The van der Waals surface area contributed by atoms with Crippen LogP contribution in [0, 0.1) is 11.8 Å². The van der Waals surface area contributed by atoms with E-state index in [-0.39, 0.29) is 5.92 Å². The van der Waals surface area contributed by atoms with Crippen molar-refractivity contribution in [2.45, 2.75) is 32.6 Å². The van der Waals surface area contributed by atoms with Crippen molar-refractivity contribution in [3.05, 3.63) is 10.6 Å². The Kier molecular flexibility index (Phi) is 2.81. The van der Waals surface area contributed by atoms with Crippen LogP contribution in [0.3, 0.4) is 0 Å². The maximum atomic E-state index is 11.1. The highest BCUT2D eigenvalue weighted by atomic mass is 32.1. The predicted molar refractivity (Wildman–Crippen MR) is 71.4 cm³/mol. The van der Waals surface area contributed by atoms with Crippen LogP contribution in [0.5, 0.6) is 0 Å². The van der Waals surface area contributed by atoms with E-state index in [0.29, 0.717) is 11.8 Å². The van der Waals surface area contributed by atoms with E-state index in [1.807, 2.05) is 0 Å². The van der Waals surface area contributed by atoms with Gasteiger partial charge in [0.2, 0.25) is 0 Å². The first-order chi connectivity index (χ1) is 8.56. The molecule has 0 bridgehead atoms. The zero-order valence-corrected chi connectivity index (χ0v) is 11.5. The summed E-state index contributed by atoms with van der Waals surface area (Å²) in [5.74, 6) is 0.286. The number of aryl methyl sites for hydroxylation is 1. The third kappa shape index (κ3) is 1.81. The Morgan fingerprint density at radius 3 is 2.67 bits per heavy atom. The molecule has 2 aliphatic rings. The molecule has 1 saturated heterocycles. The molecule has 1 aromatic rings. The van der Waals surface area contributed by atoms with Crippen molar-refractivity contribution in [3.63, 3.8) is 0 Å². The summed E-state index contributed by atoms with van der Waals surface area (Å²) in [4.78, 5) is 19.3. The molecule has 1 fully saturated rings. The van der Waals surface area contributed by atoms with Crippen LogP contribution in [-0.2, 0) is 11.2 Å². The highest BCUT2D eigenvalue weighted by Crippen LogP contribution is 2.41. The van der Waals surface area contributed by atoms with E-state index in [2.05, 4.69) is 23.7 Å². The first-order valence-corrected chi connectivity index (χ1v) is 7.35. The average molecular weight is 266 g/mol. The number of aliphatic carboxylic acids is 1. The van der Waals surface area contributed by atoms with Gasteiger partial charge in [0.05, 0.1) is 5.69 Å². The number of fused-ring (bicyclic) bond motifs is 1. The SMILES string of the molecule is CC1CN(c2nc3c(s2)CCC3C(=O)O)CC1C. The van der Waals surface area contributed by atoms with Gasteiger partial charge in [-0.25, -0.2) is 4.98 Å². The first kappa shape index (κ1) is 12.0. The van der Waals surface area contributed by atoms with E-state index in [0.717, 1.165) is 36.8 Å². The molecule has 98 valence electrons. The second-order valence-corrected chi connectivity index (χ2v) is 6.66. The number of carboxylic acid groups (broad SMARTS) is 1. The van der Waals surface area contributed by atoms with E-state index in [1.54, 1.807) is 11.3 Å². The second-order valence-electron chi connectivity index (χ2n) is 5.59. The van der Waals surface area contributed by atoms with Gasteiger partial charge in [-0.05, 0) is 24.7 Å². The Balaban J connectivity index is 1.85. The Morgan fingerprint density at radius 1 is 1.39 bits per heavy atom. The molecule has 1 aromatic heterocycles. The van der Waals surface area contributed by atoms with Crippen molar-refractivity contribution in [2.24, 2.45) is 11.8 Å². The van der Waals surface area contributed by atoms with Gasteiger partial charge in [0.1, 0.15) is 5.92 Å². The number of carbonyl (C=O) groups is 1. The molecule has 4 nitrogen and oxygen atoms in total. The maximum absolute atomic E-state index is 11.1. The van der Waals surface area contributed by atoms with E-state index in [1.165, 1.54) is 4.88 Å². The molecule has 5 heteroatoms. The zero-order valence-electron chi connectivity index (χ0n) is 10.7. The summed E-state index contributed by atoms with van der Waals surface area (Å²) in [5.41, 5.74) is 0.828. The predicted octanol–water partition coefficient (Wildman–Crippen LogP) is 2.35. The molecule has 1 aliphatic heterocycles. The van der Waals surface area contributed by atoms with Crippen molar-refractivity contribution in [2.75, 3.05) is 18.0 Å². The van der Waals surface area contributed by atoms with Crippen LogP contribution in [0.25, 0.3) is 0 Å². The number of carboxylic acids is 1. The molecular weight excluding hydrogens is 248 g/mol. The lowest BCUT2D eigenvalue weighted by atomic mass is 10.0. The number of anilines is 1. The van der Waals surface area contributed by atoms with Gasteiger partial charge < -0.3 is 10.0 Å². The number of hydrogen-bond donors (Lipinski definition) is 1. The van der Waals surface area contributed by atoms with Crippen LogP contribution in [0.4, 0.5) is 5.13 Å². The molecule has 0 spiro atoms. The molecule has 18 heavy (non-hydrogen) atoms. The van der Waals surface area contributed by atoms with Crippen LogP contribution in [-0.4, -0.2) is 29.1 Å². The quantitative estimate of drug-likeness (QED) is 0.892. The maximum Gasteiger partial charge on any atom is 0.312 e. The topological polar surface area (TPSA) is 53.4 Å². The van der Waals surface area contributed by atoms with Gasteiger partial charge in [-0.3, -0.25) is 4.79 Å². The van der Waals surface area contributed by atoms with Gasteiger partial charge in [0.15, 0.2) is 5.13 Å². The Labute approximate surface area is 111 Å². The molecule has 3 rings (SSSR count). The summed E-state index contributed by atoms with van der Waals surface area (Å²) in [7, 11) is 0. The Bertz CT molecular complexity index is 475. The van der Waals surface area contributed by atoms with E-state index >= 15 is 0 Å². The van der Waals surface area contributed by atoms with E-state index in [9.17, 15) is 4.79 Å². The molecule has 3 unspecified atom stereocenters. The summed E-state index contributed by atoms with van der Waals surface area (Å²) >= 11 is 1.70. The lowest BCUT2D eigenvalue weighted by Gasteiger charge is -2.14. The van der Waals surface area contributed by atoms with Gasteiger partial charge in [0.25, 0.3) is 0 Å². The minimum atomic E-state index is -0.728. The molecule has 2 heterocycles. The summed E-state index contributed by atoms with van der Waals surface area (Å²) < 4.78 is 0. The molecule has 1 aliphatic carbocycles. The van der Waals surface area contributed by atoms with Crippen LogP contribution >= 0.6 is 11.3 Å². The molecule has 0 radical (unpaired) electrons. The van der Waals surface area contributed by atoms with Gasteiger partial charge in [-0.2, -0.15) is 0 Å². The standard InChI is InChI=1S/C13H18N2O2S/c1-7-5-15(6-8(7)2)13-14-11-9(12(16)17)3-4-10(11)18-13/h7-9H,3-6H2,1-2H3,(H,16,17). The van der Waals surface area contributed by atoms with Gasteiger partial charge in [-0.15, -0.1) is 11.3 Å². The third-order valence-electron chi connectivity index (χ3n) is 4.26. The minimum Gasteiger partial charge on any atom is -0.481 e. The number of thiazole rings is 1. The van der Waals surface area contributed by atoms with Crippen molar-refractivity contribution in [3.8, 4) is 0 Å². The van der Waals surface area contributed by atoms with E-state index < -0.39 is 5.97 Å². The fraction of sp³-hybridized carbons (Fsp3) is 0.692. The van der Waals surface area contributed by atoms with Gasteiger partial charge >= 0.3 is 5.97 Å². The van der Waals surface area contributed by atoms with Gasteiger partial charge in [0, 0.05) is 18.0 Å². The number of rotatable bonds is 2. The van der Waals surface area contributed by atoms with Crippen molar-refractivity contribution >= 4 is 22.4 Å². The van der Waals surface area contributed by atoms with Crippen LogP contribution < -0.4 is 4.90 Å². The second kappa shape index (κ2) is 4.23. The number of aromatic nitrogens is 1. The Morgan fingerprint density at radius 2 is 2.06 bits per heavy atom. The normalized spacial score (nSPS) is 30.8. The van der Waals surface area contributed by atoms with E-state index in [4.69, 9.17) is 5.11 Å². The fourth-order valence-electron chi connectivity index (χ4n) is 2.88. The zero-order chi connectivity index (χ0) is 12.9. The molecule has 0 amide bonds. The van der Waals surface area contributed by atoms with Crippen molar-refractivity contribution in [1.29, 1.82) is 0 Å². The summed E-state index contributed by atoms with van der Waals surface area (Å²) in [6.45, 7) is 6.63. The van der Waals surface area contributed by atoms with Crippen molar-refractivity contribution < 1.29 is 9.90 Å². The van der Waals surface area contributed by atoms with Crippen molar-refractivity contribution in [1.82, 2.24) is 4.98 Å². The largest absolute Gasteiger partial charge is 0.481 e. The number of nitrogens with zero attached hydrogens (tertiary/aromatic N) is 2. The third-order valence-corrected chi connectivity index (χ3v) is 5.45. The lowest BCUT2D eigenvalue weighted by Crippen LogP contribution is -2.19. The minimum absolute atomic E-state index is 0.373. The molecular formula is C13H18N2O2S. The highest BCUT2D eigenvalue weighted by Gasteiger charge is 2.35. The Hall–Kier alpha value is -1.10. The molecule has 3 atom stereocenters. The monoisotopic (exact) mass is 266 g/mol. The molecule has 1 N–H and O–H groups in total. The average Bonchev–Trinajstić information content (AvgIpc) is 2.92. The van der Waals surface area contributed by atoms with Crippen LogP contribution in [0.15, 0.2) is 0 Å². The number of hydrogen-bond acceptors (Lipinski definition) is 4. The summed E-state index contributed by atoms with van der Waals surface area (Å²) in [6, 6.07) is 0. The molecule has 0 aromatic carbocycles. The van der Waals surface area contributed by atoms with Crippen LogP contribution in [0.2, 0.25) is 0 Å². The lowest BCUT2D eigenvalue weighted by molar-refractivity contribution is -0.138. The summed E-state index contributed by atoms with van der Waals surface area (Å²) in [5, 5.41) is 10.2. The smallest absolute Gasteiger partial charge is 0.312 e. The van der Waals surface area contributed by atoms with Crippen LogP contribution in [0.1, 0.15) is 36.8 Å². The van der Waals surface area contributed by atoms with Gasteiger partial charge in [-0.1, -0.05) is 13.8 Å². The highest BCUT2D eigenvalue weighted by molar-refractivity contribution is 7.15. The fourth-order valence-corrected chi connectivity index (χ4v) is 4.03. The summed E-state index contributed by atoms with van der Waals surface area (Å²) in [6.07, 6.45) is 1.60. The molecule has 0 saturated carbocycles. The first-order valence-electron chi connectivity index (χ1n) is 6.53.